The number of carbonyl (C=O) groups is 1. The van der Waals surface area contributed by atoms with Crippen molar-refractivity contribution < 1.29 is 9.53 Å². The summed E-state index contributed by atoms with van der Waals surface area (Å²) in [6.07, 6.45) is 1.62. The zero-order valence-electron chi connectivity index (χ0n) is 14.0. The standard InChI is InChI=1S/C20H22N2O2.ClH/c23-20(22-14-9-11-21-12-10-14)24-13-19-17-7-3-1-5-15(17)16-6-2-4-8-18(16)19;/h1-8,14,19,21H,9-13H2,(H,22,23);1H. The van der Waals surface area contributed by atoms with E-state index in [0.717, 1.165) is 25.9 Å². The Morgan fingerprint density at radius 2 is 1.56 bits per heavy atom. The number of rotatable bonds is 3. The molecule has 0 atom stereocenters. The molecule has 5 heteroatoms. The number of piperidine rings is 1. The Morgan fingerprint density at radius 3 is 2.16 bits per heavy atom. The number of amides is 1. The van der Waals surface area contributed by atoms with Crippen LogP contribution in [0.4, 0.5) is 4.79 Å². The summed E-state index contributed by atoms with van der Waals surface area (Å²) in [5.41, 5.74) is 4.99. The molecule has 132 valence electrons. The number of halogens is 1. The Morgan fingerprint density at radius 1 is 1.00 bits per heavy atom. The summed E-state index contributed by atoms with van der Waals surface area (Å²) in [4.78, 5) is 12.1. The lowest BCUT2D eigenvalue weighted by atomic mass is 9.98. The van der Waals surface area contributed by atoms with Crippen LogP contribution in [0.5, 0.6) is 0 Å². The molecule has 4 rings (SSSR count). The molecule has 2 aromatic rings. The molecule has 0 radical (unpaired) electrons. The highest BCUT2D eigenvalue weighted by Gasteiger charge is 2.29. The van der Waals surface area contributed by atoms with E-state index >= 15 is 0 Å². The maximum atomic E-state index is 12.1. The van der Waals surface area contributed by atoms with Gasteiger partial charge in [0.15, 0.2) is 0 Å². The van der Waals surface area contributed by atoms with Crippen LogP contribution in [0.1, 0.15) is 29.9 Å². The van der Waals surface area contributed by atoms with Crippen LogP contribution < -0.4 is 10.6 Å². The highest BCUT2D eigenvalue weighted by molar-refractivity contribution is 5.85. The minimum absolute atomic E-state index is 0. The second-order valence-corrected chi connectivity index (χ2v) is 6.49. The average Bonchev–Trinajstić information content (AvgIpc) is 2.95. The molecule has 1 aliphatic carbocycles. The Kier molecular flexibility index (Phi) is 5.61. The molecule has 1 amide bonds. The molecule has 0 aromatic heterocycles. The third-order valence-corrected chi connectivity index (χ3v) is 5.00. The van der Waals surface area contributed by atoms with Crippen LogP contribution in [-0.4, -0.2) is 31.8 Å². The number of nitrogens with one attached hydrogen (secondary N) is 2. The minimum Gasteiger partial charge on any atom is -0.449 e. The molecule has 0 spiro atoms. The second-order valence-electron chi connectivity index (χ2n) is 6.49. The van der Waals surface area contributed by atoms with Crippen LogP contribution in [0.15, 0.2) is 48.5 Å². The number of hydrogen-bond donors (Lipinski definition) is 2. The average molecular weight is 359 g/mol. The van der Waals surface area contributed by atoms with Crippen molar-refractivity contribution in [3.63, 3.8) is 0 Å². The summed E-state index contributed by atoms with van der Waals surface area (Å²) in [5.74, 6) is 0.121. The van der Waals surface area contributed by atoms with E-state index in [4.69, 9.17) is 4.74 Å². The molecule has 1 heterocycles. The molecule has 2 aliphatic rings. The summed E-state index contributed by atoms with van der Waals surface area (Å²) in [6, 6.07) is 17.0. The number of fused-ring (bicyclic) bond motifs is 3. The van der Waals surface area contributed by atoms with Gasteiger partial charge in [-0.1, -0.05) is 48.5 Å². The first-order valence-electron chi connectivity index (χ1n) is 8.65. The van der Waals surface area contributed by atoms with Crippen LogP contribution in [-0.2, 0) is 4.74 Å². The van der Waals surface area contributed by atoms with Gasteiger partial charge >= 0.3 is 6.09 Å². The van der Waals surface area contributed by atoms with Crippen LogP contribution in [0.2, 0.25) is 0 Å². The van der Waals surface area contributed by atoms with E-state index < -0.39 is 0 Å². The van der Waals surface area contributed by atoms with Crippen molar-refractivity contribution in [2.75, 3.05) is 19.7 Å². The van der Waals surface area contributed by atoms with Gasteiger partial charge in [0.1, 0.15) is 6.61 Å². The van der Waals surface area contributed by atoms with E-state index in [1.165, 1.54) is 22.3 Å². The van der Waals surface area contributed by atoms with Crippen LogP contribution >= 0.6 is 12.4 Å². The number of carbonyl (C=O) groups excluding carboxylic acids is 1. The van der Waals surface area contributed by atoms with Gasteiger partial charge in [0.2, 0.25) is 0 Å². The van der Waals surface area contributed by atoms with Gasteiger partial charge in [0, 0.05) is 12.0 Å². The normalized spacial score (nSPS) is 16.5. The number of hydrogen-bond acceptors (Lipinski definition) is 3. The molecule has 1 fully saturated rings. The van der Waals surface area contributed by atoms with Gasteiger partial charge in [-0.2, -0.15) is 0 Å². The van der Waals surface area contributed by atoms with E-state index in [-0.39, 0.29) is 30.5 Å². The molecule has 2 N–H and O–H groups in total. The van der Waals surface area contributed by atoms with Crippen molar-refractivity contribution in [3.8, 4) is 11.1 Å². The quantitative estimate of drug-likeness (QED) is 0.879. The van der Waals surface area contributed by atoms with E-state index in [0.29, 0.717) is 6.61 Å². The largest absolute Gasteiger partial charge is 0.449 e. The Hall–Kier alpha value is -2.04. The maximum Gasteiger partial charge on any atom is 0.407 e. The predicted molar refractivity (Wildman–Crippen MR) is 101 cm³/mol. The number of benzene rings is 2. The maximum absolute atomic E-state index is 12.1. The van der Waals surface area contributed by atoms with Crippen molar-refractivity contribution in [3.05, 3.63) is 59.7 Å². The topological polar surface area (TPSA) is 50.4 Å². The smallest absolute Gasteiger partial charge is 0.407 e. The molecule has 2 aromatic carbocycles. The van der Waals surface area contributed by atoms with Gasteiger partial charge in [-0.3, -0.25) is 0 Å². The third kappa shape index (κ3) is 3.65. The Balaban J connectivity index is 0.00000182. The molecule has 1 aliphatic heterocycles. The summed E-state index contributed by atoms with van der Waals surface area (Å²) in [5, 5.41) is 6.28. The second kappa shape index (κ2) is 7.89. The summed E-state index contributed by atoms with van der Waals surface area (Å²) >= 11 is 0. The van der Waals surface area contributed by atoms with E-state index in [2.05, 4.69) is 47.0 Å². The Labute approximate surface area is 154 Å². The zero-order chi connectivity index (χ0) is 16.4. The van der Waals surface area contributed by atoms with Gasteiger partial charge in [-0.15, -0.1) is 12.4 Å². The summed E-state index contributed by atoms with van der Waals surface area (Å²) in [6.45, 7) is 2.29. The highest BCUT2D eigenvalue weighted by Crippen LogP contribution is 2.44. The fourth-order valence-corrected chi connectivity index (χ4v) is 3.77. The monoisotopic (exact) mass is 358 g/mol. The number of alkyl carbamates (subject to hydrolysis) is 1. The van der Waals surface area contributed by atoms with Crippen LogP contribution in [0, 0.1) is 0 Å². The third-order valence-electron chi connectivity index (χ3n) is 5.00. The van der Waals surface area contributed by atoms with Crippen molar-refractivity contribution in [1.82, 2.24) is 10.6 Å². The van der Waals surface area contributed by atoms with E-state index in [1.807, 2.05) is 12.1 Å². The zero-order valence-corrected chi connectivity index (χ0v) is 14.9. The molecule has 4 nitrogen and oxygen atoms in total. The molecule has 0 bridgehead atoms. The van der Waals surface area contributed by atoms with E-state index in [1.54, 1.807) is 0 Å². The van der Waals surface area contributed by atoms with Crippen LogP contribution in [0.3, 0.4) is 0 Å². The van der Waals surface area contributed by atoms with Gasteiger partial charge in [0.25, 0.3) is 0 Å². The van der Waals surface area contributed by atoms with E-state index in [9.17, 15) is 4.79 Å². The first kappa shape index (κ1) is 17.8. The lowest BCUT2D eigenvalue weighted by Gasteiger charge is -2.23. The highest BCUT2D eigenvalue weighted by atomic mass is 35.5. The molecule has 25 heavy (non-hydrogen) atoms. The molecule has 1 saturated heterocycles. The van der Waals surface area contributed by atoms with Crippen molar-refractivity contribution >= 4 is 18.5 Å². The minimum atomic E-state index is -0.302. The predicted octanol–water partition coefficient (Wildman–Crippen LogP) is 3.70. The fourth-order valence-electron chi connectivity index (χ4n) is 3.77. The number of ether oxygens (including phenoxy) is 1. The first-order valence-corrected chi connectivity index (χ1v) is 8.65. The molecule has 0 unspecified atom stereocenters. The van der Waals surface area contributed by atoms with Gasteiger partial charge in [0.05, 0.1) is 0 Å². The molecular weight excluding hydrogens is 336 g/mol. The first-order chi connectivity index (χ1) is 11.8. The molecular formula is C20H23ClN2O2. The summed E-state index contributed by atoms with van der Waals surface area (Å²) in [7, 11) is 0. The van der Waals surface area contributed by atoms with Crippen molar-refractivity contribution in [1.29, 1.82) is 0 Å². The van der Waals surface area contributed by atoms with Gasteiger partial charge in [-0.05, 0) is 48.2 Å². The summed E-state index contributed by atoms with van der Waals surface area (Å²) < 4.78 is 5.57. The molecule has 0 saturated carbocycles. The fraction of sp³-hybridized carbons (Fsp3) is 0.350. The van der Waals surface area contributed by atoms with Gasteiger partial charge < -0.3 is 15.4 Å². The van der Waals surface area contributed by atoms with Crippen molar-refractivity contribution in [2.24, 2.45) is 0 Å². The van der Waals surface area contributed by atoms with Gasteiger partial charge in [-0.25, -0.2) is 4.79 Å². The Bertz CT molecular complexity index is 698. The lowest BCUT2D eigenvalue weighted by molar-refractivity contribution is 0.137. The van der Waals surface area contributed by atoms with Crippen LogP contribution in [0.25, 0.3) is 11.1 Å². The van der Waals surface area contributed by atoms with Crippen molar-refractivity contribution in [2.45, 2.75) is 24.8 Å². The lowest BCUT2D eigenvalue weighted by Crippen LogP contribution is -2.43. The SMILES string of the molecule is Cl.O=C(NC1CCNCC1)OCC1c2ccccc2-c2ccccc21.